The largest absolute Gasteiger partial charge is 0.755 e. The van der Waals surface area contributed by atoms with E-state index in [-0.39, 0.29) is 11.8 Å². The molecule has 3 heterocycles. The number of fused-ring (bicyclic) bond motifs is 1. The summed E-state index contributed by atoms with van der Waals surface area (Å²) in [6.45, 7) is 0. The number of hydrogen-bond donors (Lipinski definition) is 2. The van der Waals surface area contributed by atoms with Crippen molar-refractivity contribution in [2.75, 3.05) is 9.62 Å². The lowest BCUT2D eigenvalue weighted by atomic mass is 10.0. The summed E-state index contributed by atoms with van der Waals surface area (Å²) >= 11 is -2.51. The van der Waals surface area contributed by atoms with E-state index >= 15 is 0 Å². The van der Waals surface area contributed by atoms with Gasteiger partial charge in [-0.3, -0.25) is 13.3 Å². The molecule has 0 saturated heterocycles. The summed E-state index contributed by atoms with van der Waals surface area (Å²) in [5, 5.41) is 3.81. The molecule has 0 bridgehead atoms. The number of amides is 1. The molecule has 3 aromatic heterocycles. The predicted molar refractivity (Wildman–Crippen MR) is 117 cm³/mol. The Morgan fingerprint density at radius 3 is 2.71 bits per heavy atom. The number of carbonyl (C=O) groups is 1. The molecule has 9 nitrogen and oxygen atoms in total. The van der Waals surface area contributed by atoms with Gasteiger partial charge in [0.1, 0.15) is 17.3 Å². The molecule has 1 aromatic carbocycles. The van der Waals surface area contributed by atoms with Gasteiger partial charge < -0.3 is 19.4 Å². The second kappa shape index (κ2) is 7.64. The number of H-pyrrole nitrogens is 1. The number of rotatable bonds is 6. The molecule has 5 rings (SSSR count). The molecular formula is C21H19N6O3S-. The van der Waals surface area contributed by atoms with Crippen molar-refractivity contribution in [3.8, 4) is 11.1 Å². The molecule has 4 aromatic rings. The number of imidazole rings is 1. The summed E-state index contributed by atoms with van der Waals surface area (Å²) in [6.07, 6.45) is 6.66. The Balaban J connectivity index is 1.51. The molecule has 0 spiro atoms. The number of aromatic amines is 1. The average Bonchev–Trinajstić information content (AvgIpc) is 3.37. The second-order valence-corrected chi connectivity index (χ2v) is 8.28. The van der Waals surface area contributed by atoms with Gasteiger partial charge in [-0.15, -0.1) is 0 Å². The third-order valence-electron chi connectivity index (χ3n) is 5.29. The van der Waals surface area contributed by atoms with Crippen LogP contribution in [0.5, 0.6) is 0 Å². The number of benzene rings is 1. The van der Waals surface area contributed by atoms with E-state index < -0.39 is 11.3 Å². The van der Waals surface area contributed by atoms with Gasteiger partial charge in [0.2, 0.25) is 5.91 Å². The van der Waals surface area contributed by atoms with E-state index in [0.29, 0.717) is 23.0 Å². The van der Waals surface area contributed by atoms with Crippen LogP contribution in [0.3, 0.4) is 0 Å². The minimum absolute atomic E-state index is 0.00977. The van der Waals surface area contributed by atoms with E-state index in [9.17, 15) is 13.6 Å². The van der Waals surface area contributed by atoms with Gasteiger partial charge in [-0.1, -0.05) is 12.1 Å². The fourth-order valence-electron chi connectivity index (χ4n) is 3.53. The minimum Gasteiger partial charge on any atom is -0.755 e. The van der Waals surface area contributed by atoms with Crippen LogP contribution in [0.1, 0.15) is 12.8 Å². The molecule has 10 heteroatoms. The van der Waals surface area contributed by atoms with Gasteiger partial charge in [-0.05, 0) is 48.2 Å². The summed E-state index contributed by atoms with van der Waals surface area (Å²) in [4.78, 5) is 23.8. The van der Waals surface area contributed by atoms with Crippen LogP contribution >= 0.6 is 0 Å². The van der Waals surface area contributed by atoms with Crippen LogP contribution in [0, 0.1) is 5.92 Å². The third kappa shape index (κ3) is 3.71. The highest BCUT2D eigenvalue weighted by molar-refractivity contribution is 7.81. The lowest BCUT2D eigenvalue weighted by molar-refractivity contribution is -0.117. The molecule has 1 unspecified atom stereocenters. The molecule has 1 atom stereocenters. The number of nitrogens with zero attached hydrogens (tertiary/aromatic N) is 4. The Labute approximate surface area is 180 Å². The van der Waals surface area contributed by atoms with Crippen LogP contribution in [0.25, 0.3) is 22.2 Å². The van der Waals surface area contributed by atoms with Gasteiger partial charge in [0.15, 0.2) is 0 Å². The first-order chi connectivity index (χ1) is 15.0. The van der Waals surface area contributed by atoms with Gasteiger partial charge in [-0.2, -0.15) is 0 Å². The maximum absolute atomic E-state index is 12.2. The predicted octanol–water partition coefficient (Wildman–Crippen LogP) is 3.24. The van der Waals surface area contributed by atoms with Gasteiger partial charge in [0.25, 0.3) is 0 Å². The zero-order valence-corrected chi connectivity index (χ0v) is 17.4. The molecule has 2 N–H and O–H groups in total. The number of aromatic nitrogens is 4. The minimum atomic E-state index is -2.51. The van der Waals surface area contributed by atoms with Crippen molar-refractivity contribution in [3.63, 3.8) is 0 Å². The molecule has 1 fully saturated rings. The normalized spacial score (nSPS) is 14.5. The number of pyridine rings is 1. The lowest BCUT2D eigenvalue weighted by Crippen LogP contribution is -2.21. The highest BCUT2D eigenvalue weighted by Crippen LogP contribution is 2.34. The molecule has 0 radical (unpaired) electrons. The quantitative estimate of drug-likeness (QED) is 0.451. The first-order valence-corrected chi connectivity index (χ1v) is 10.8. The monoisotopic (exact) mass is 435 g/mol. The highest BCUT2D eigenvalue weighted by atomic mass is 32.2. The molecule has 31 heavy (non-hydrogen) atoms. The van der Waals surface area contributed by atoms with Gasteiger partial charge in [0.05, 0.1) is 29.5 Å². The smallest absolute Gasteiger partial charge is 0.228 e. The fourth-order valence-corrected chi connectivity index (χ4v) is 4.15. The van der Waals surface area contributed by atoms with E-state index in [0.717, 1.165) is 29.4 Å². The van der Waals surface area contributed by atoms with Crippen molar-refractivity contribution in [1.29, 1.82) is 0 Å². The topological polar surface area (TPSA) is 119 Å². The summed E-state index contributed by atoms with van der Waals surface area (Å²) in [5.41, 5.74) is 2.92. The molecule has 1 saturated carbocycles. The van der Waals surface area contributed by atoms with Crippen molar-refractivity contribution in [2.24, 2.45) is 13.0 Å². The zero-order chi connectivity index (χ0) is 21.5. The van der Waals surface area contributed by atoms with Gasteiger partial charge >= 0.3 is 0 Å². The second-order valence-electron chi connectivity index (χ2n) is 7.48. The molecule has 1 amide bonds. The first kappa shape index (κ1) is 19.5. The van der Waals surface area contributed by atoms with Crippen LogP contribution in [0.4, 0.5) is 17.3 Å². The Morgan fingerprint density at radius 1 is 1.29 bits per heavy atom. The summed E-state index contributed by atoms with van der Waals surface area (Å²) in [7, 11) is 1.73. The SMILES string of the molecule is Cn1cncc1N(c1ccc(-c2cc(NC(=O)C3CC3)nc3[nH]ccc23)cc1)S(=O)[O-]. The maximum atomic E-state index is 12.2. The van der Waals surface area contributed by atoms with Crippen LogP contribution in [-0.4, -0.2) is 34.2 Å². The molecule has 1 aliphatic carbocycles. The van der Waals surface area contributed by atoms with E-state index in [4.69, 9.17) is 0 Å². The van der Waals surface area contributed by atoms with Crippen LogP contribution in [-0.2, 0) is 23.1 Å². The summed E-state index contributed by atoms with van der Waals surface area (Å²) in [5.74, 6) is 0.991. The van der Waals surface area contributed by atoms with Gasteiger partial charge in [-0.25, -0.2) is 9.97 Å². The van der Waals surface area contributed by atoms with Crippen molar-refractivity contribution in [3.05, 3.63) is 55.1 Å². The first-order valence-electron chi connectivity index (χ1n) is 9.76. The van der Waals surface area contributed by atoms with Crippen molar-refractivity contribution in [1.82, 2.24) is 19.5 Å². The van der Waals surface area contributed by atoms with E-state index in [1.807, 2.05) is 24.3 Å². The molecule has 158 valence electrons. The average molecular weight is 435 g/mol. The van der Waals surface area contributed by atoms with E-state index in [1.54, 1.807) is 36.3 Å². The van der Waals surface area contributed by atoms with Crippen molar-refractivity contribution < 1.29 is 13.6 Å². The van der Waals surface area contributed by atoms with Crippen LogP contribution < -0.4 is 9.62 Å². The maximum Gasteiger partial charge on any atom is 0.228 e. The lowest BCUT2D eigenvalue weighted by Gasteiger charge is -2.26. The Bertz CT molecular complexity index is 1290. The summed E-state index contributed by atoms with van der Waals surface area (Å²) < 4.78 is 26.6. The van der Waals surface area contributed by atoms with Crippen LogP contribution in [0.15, 0.2) is 55.1 Å². The number of nitrogens with one attached hydrogen (secondary N) is 2. The number of anilines is 3. The molecule has 0 aliphatic heterocycles. The Kier molecular flexibility index (Phi) is 4.79. The number of aryl methyl sites for hydroxylation is 1. The van der Waals surface area contributed by atoms with Crippen molar-refractivity contribution in [2.45, 2.75) is 12.8 Å². The standard InChI is InChI=1S/C21H20N6O3S/c1-26-12-22-11-19(26)27(31(29)30)15-6-4-13(5-7-15)17-10-18(25-21(28)14-2-3-14)24-20-16(17)8-9-23-20/h4-12,14H,2-3H2,1H3,(H,29,30)(H2,23,24,25,28)/p-1. The third-order valence-corrected chi connectivity index (χ3v) is 5.99. The number of carbonyl (C=O) groups excluding carboxylic acids is 1. The Hall–Kier alpha value is -3.50. The summed E-state index contributed by atoms with van der Waals surface area (Å²) in [6, 6.07) is 10.9. The molecule has 1 aliphatic rings. The highest BCUT2D eigenvalue weighted by Gasteiger charge is 2.30. The van der Waals surface area contributed by atoms with Gasteiger partial charge in [0, 0.05) is 24.5 Å². The van der Waals surface area contributed by atoms with E-state index in [1.165, 1.54) is 10.5 Å². The van der Waals surface area contributed by atoms with E-state index in [2.05, 4.69) is 20.3 Å². The molecular weight excluding hydrogens is 416 g/mol. The van der Waals surface area contributed by atoms with Crippen LogP contribution in [0.2, 0.25) is 0 Å². The Morgan fingerprint density at radius 2 is 2.06 bits per heavy atom. The number of hydrogen-bond acceptors (Lipinski definition) is 5. The fraction of sp³-hybridized carbons (Fsp3) is 0.190. The zero-order valence-electron chi connectivity index (χ0n) is 16.6. The van der Waals surface area contributed by atoms with Crippen molar-refractivity contribution >= 4 is 45.5 Å².